The summed E-state index contributed by atoms with van der Waals surface area (Å²) < 4.78 is 18.6. The maximum atomic E-state index is 12.8. The zero-order valence-corrected chi connectivity index (χ0v) is 12.7. The largest absolute Gasteiger partial charge is 0.488 e. The molecule has 1 atom stereocenters. The van der Waals surface area contributed by atoms with E-state index < -0.39 is 0 Å². The summed E-state index contributed by atoms with van der Waals surface area (Å²) in [7, 11) is 0. The Morgan fingerprint density at radius 3 is 2.77 bits per heavy atom. The molecule has 22 heavy (non-hydrogen) atoms. The van der Waals surface area contributed by atoms with Gasteiger partial charge in [-0.3, -0.25) is 4.79 Å². The molecule has 2 aromatic rings. The summed E-state index contributed by atoms with van der Waals surface area (Å²) in [5, 5.41) is 2.88. The third kappa shape index (κ3) is 3.80. The highest BCUT2D eigenvalue weighted by molar-refractivity contribution is 8.00. The molecule has 0 aromatic heterocycles. The van der Waals surface area contributed by atoms with E-state index >= 15 is 0 Å². The van der Waals surface area contributed by atoms with Crippen molar-refractivity contribution in [3.8, 4) is 5.75 Å². The molecule has 0 fully saturated rings. The van der Waals surface area contributed by atoms with Crippen molar-refractivity contribution in [3.05, 3.63) is 59.9 Å². The van der Waals surface area contributed by atoms with Crippen LogP contribution in [0, 0.1) is 5.82 Å². The normalized spacial score (nSPS) is 16.0. The lowest BCUT2D eigenvalue weighted by Crippen LogP contribution is -2.35. The minimum absolute atomic E-state index is 0.00262. The van der Waals surface area contributed by atoms with Crippen LogP contribution in [0.4, 0.5) is 4.39 Å². The summed E-state index contributed by atoms with van der Waals surface area (Å²) in [6.45, 7) is 0.498. The summed E-state index contributed by atoms with van der Waals surface area (Å²) in [6, 6.07) is 14.0. The Hall–Kier alpha value is -2.01. The van der Waals surface area contributed by atoms with Crippen molar-refractivity contribution in [2.24, 2.45) is 0 Å². The predicted molar refractivity (Wildman–Crippen MR) is 84.7 cm³/mol. The van der Waals surface area contributed by atoms with Gasteiger partial charge >= 0.3 is 0 Å². The van der Waals surface area contributed by atoms with E-state index in [9.17, 15) is 9.18 Å². The van der Waals surface area contributed by atoms with Crippen molar-refractivity contribution < 1.29 is 13.9 Å². The van der Waals surface area contributed by atoms with Crippen molar-refractivity contribution in [1.29, 1.82) is 0 Å². The fraction of sp³-hybridized carbons (Fsp3) is 0.235. The number of nitrogens with one attached hydrogen (secondary N) is 1. The third-order valence-electron chi connectivity index (χ3n) is 3.42. The highest BCUT2D eigenvalue weighted by Gasteiger charge is 2.22. The maximum Gasteiger partial charge on any atom is 0.230 e. The molecule has 0 aliphatic carbocycles. The topological polar surface area (TPSA) is 38.3 Å². The van der Waals surface area contributed by atoms with Crippen LogP contribution in [0.3, 0.4) is 0 Å². The Kier molecular flexibility index (Phi) is 4.63. The zero-order valence-electron chi connectivity index (χ0n) is 11.9. The van der Waals surface area contributed by atoms with E-state index in [-0.39, 0.29) is 17.8 Å². The number of hydrogen-bond donors (Lipinski definition) is 1. The second kappa shape index (κ2) is 6.83. The Bertz CT molecular complexity index is 635. The van der Waals surface area contributed by atoms with Crippen LogP contribution in [0.5, 0.6) is 5.75 Å². The first-order valence-electron chi connectivity index (χ1n) is 7.10. The number of halogens is 1. The highest BCUT2D eigenvalue weighted by atomic mass is 32.2. The van der Waals surface area contributed by atoms with E-state index in [1.807, 2.05) is 24.3 Å². The lowest BCUT2D eigenvalue weighted by Gasteiger charge is -2.11. The Morgan fingerprint density at radius 2 is 2.00 bits per heavy atom. The summed E-state index contributed by atoms with van der Waals surface area (Å²) >= 11 is 1.39. The Balaban J connectivity index is 1.41. The minimum atomic E-state index is -0.272. The van der Waals surface area contributed by atoms with E-state index in [0.717, 1.165) is 17.1 Å². The van der Waals surface area contributed by atoms with Crippen molar-refractivity contribution in [2.45, 2.75) is 17.4 Å². The van der Waals surface area contributed by atoms with Gasteiger partial charge in [-0.15, -0.1) is 11.8 Å². The average molecular weight is 317 g/mol. The van der Waals surface area contributed by atoms with Crippen LogP contribution in [0.25, 0.3) is 0 Å². The molecule has 1 aliphatic rings. The molecule has 3 nitrogen and oxygen atoms in total. The lowest BCUT2D eigenvalue weighted by molar-refractivity contribution is -0.118. The molecule has 0 spiro atoms. The molecular formula is C17H16FNO2S. The molecule has 5 heteroatoms. The van der Waals surface area contributed by atoms with E-state index in [0.29, 0.717) is 12.3 Å². The number of amides is 1. The van der Waals surface area contributed by atoms with Gasteiger partial charge < -0.3 is 10.1 Å². The summed E-state index contributed by atoms with van der Waals surface area (Å²) in [4.78, 5) is 12.7. The van der Waals surface area contributed by atoms with Gasteiger partial charge in [-0.25, -0.2) is 4.39 Å². The number of benzene rings is 2. The van der Waals surface area contributed by atoms with Gasteiger partial charge in [-0.2, -0.15) is 0 Å². The smallest absolute Gasteiger partial charge is 0.230 e. The van der Waals surface area contributed by atoms with Gasteiger partial charge in [-0.1, -0.05) is 18.2 Å². The molecular weight excluding hydrogens is 301 g/mol. The summed E-state index contributed by atoms with van der Waals surface area (Å²) in [6.07, 6.45) is 0.818. The van der Waals surface area contributed by atoms with Gasteiger partial charge in [0.25, 0.3) is 0 Å². The van der Waals surface area contributed by atoms with Crippen molar-refractivity contribution in [3.63, 3.8) is 0 Å². The first-order valence-corrected chi connectivity index (χ1v) is 8.09. The average Bonchev–Trinajstić information content (AvgIpc) is 2.95. The van der Waals surface area contributed by atoms with Crippen LogP contribution in [0.1, 0.15) is 5.56 Å². The van der Waals surface area contributed by atoms with Gasteiger partial charge in [0.05, 0.1) is 12.3 Å². The molecule has 1 aliphatic heterocycles. The number of para-hydroxylation sites is 1. The molecule has 0 bridgehead atoms. The second-order valence-electron chi connectivity index (χ2n) is 5.10. The number of fused-ring (bicyclic) bond motifs is 1. The second-order valence-corrected chi connectivity index (χ2v) is 6.15. The maximum absolute atomic E-state index is 12.8. The number of carbonyl (C=O) groups excluding carboxylic acids is 1. The molecule has 114 valence electrons. The van der Waals surface area contributed by atoms with Gasteiger partial charge in [0.15, 0.2) is 0 Å². The molecule has 1 amide bonds. The van der Waals surface area contributed by atoms with E-state index in [1.54, 1.807) is 12.1 Å². The zero-order chi connectivity index (χ0) is 15.4. The fourth-order valence-electron chi connectivity index (χ4n) is 2.33. The SMILES string of the molecule is O=C(CSc1ccc(F)cc1)NCC1Cc2ccccc2O1. The van der Waals surface area contributed by atoms with Crippen LogP contribution in [0.15, 0.2) is 53.4 Å². The van der Waals surface area contributed by atoms with Gasteiger partial charge in [0.2, 0.25) is 5.91 Å². The van der Waals surface area contributed by atoms with Crippen molar-refractivity contribution in [2.75, 3.05) is 12.3 Å². The summed E-state index contributed by atoms with van der Waals surface area (Å²) in [5.41, 5.74) is 1.18. The molecule has 0 saturated heterocycles. The first kappa shape index (κ1) is 14.9. The molecule has 3 rings (SSSR count). The molecule has 0 radical (unpaired) electrons. The number of carbonyl (C=O) groups is 1. The molecule has 1 N–H and O–H groups in total. The van der Waals surface area contributed by atoms with Gasteiger partial charge in [0, 0.05) is 11.3 Å². The van der Waals surface area contributed by atoms with E-state index in [4.69, 9.17) is 4.74 Å². The van der Waals surface area contributed by atoms with Crippen LogP contribution in [-0.2, 0) is 11.2 Å². The molecule has 1 unspecified atom stereocenters. The van der Waals surface area contributed by atoms with Crippen molar-refractivity contribution in [1.82, 2.24) is 5.32 Å². The molecule has 2 aromatic carbocycles. The molecule has 0 saturated carbocycles. The van der Waals surface area contributed by atoms with Crippen LogP contribution < -0.4 is 10.1 Å². The third-order valence-corrected chi connectivity index (χ3v) is 4.44. The van der Waals surface area contributed by atoms with Crippen LogP contribution >= 0.6 is 11.8 Å². The summed E-state index contributed by atoms with van der Waals surface area (Å²) in [5.74, 6) is 0.897. The van der Waals surface area contributed by atoms with Gasteiger partial charge in [-0.05, 0) is 35.9 Å². The number of thioether (sulfide) groups is 1. The lowest BCUT2D eigenvalue weighted by atomic mass is 10.1. The van der Waals surface area contributed by atoms with Gasteiger partial charge in [0.1, 0.15) is 17.7 Å². The van der Waals surface area contributed by atoms with Crippen molar-refractivity contribution >= 4 is 17.7 Å². The van der Waals surface area contributed by atoms with E-state index in [2.05, 4.69) is 5.32 Å². The number of hydrogen-bond acceptors (Lipinski definition) is 3. The predicted octanol–water partition coefficient (Wildman–Crippen LogP) is 3.04. The molecule has 1 heterocycles. The minimum Gasteiger partial charge on any atom is -0.488 e. The monoisotopic (exact) mass is 317 g/mol. The number of ether oxygens (including phenoxy) is 1. The Labute approximate surface area is 132 Å². The van der Waals surface area contributed by atoms with Crippen LogP contribution in [-0.4, -0.2) is 24.3 Å². The standard InChI is InChI=1S/C17H16FNO2S/c18-13-5-7-15(8-6-13)22-11-17(20)19-10-14-9-12-3-1-2-4-16(12)21-14/h1-8,14H,9-11H2,(H,19,20). The quantitative estimate of drug-likeness (QED) is 0.862. The number of rotatable bonds is 5. The van der Waals surface area contributed by atoms with E-state index in [1.165, 1.54) is 29.5 Å². The fourth-order valence-corrected chi connectivity index (χ4v) is 3.05. The van der Waals surface area contributed by atoms with Crippen LogP contribution in [0.2, 0.25) is 0 Å². The highest BCUT2D eigenvalue weighted by Crippen LogP contribution is 2.27. The Morgan fingerprint density at radius 1 is 1.23 bits per heavy atom. The first-order chi connectivity index (χ1) is 10.7.